The molecule has 3 aromatic rings. The molecular formula is C32H35ClN2O7S. The van der Waals surface area contributed by atoms with Gasteiger partial charge in [0.25, 0.3) is 0 Å². The van der Waals surface area contributed by atoms with Gasteiger partial charge in [-0.1, -0.05) is 48.6 Å². The van der Waals surface area contributed by atoms with Gasteiger partial charge in [-0.3, -0.25) is 14.6 Å². The second-order valence-electron chi connectivity index (χ2n) is 10.5. The molecule has 2 aliphatic rings. The molecule has 3 aromatic carbocycles. The lowest BCUT2D eigenvalue weighted by atomic mass is 10.0. The maximum Gasteiger partial charge on any atom is 0.341 e. The number of hydrogen-bond acceptors (Lipinski definition) is 7. The molecule has 1 amide bonds. The zero-order valence-corrected chi connectivity index (χ0v) is 25.4. The predicted molar refractivity (Wildman–Crippen MR) is 167 cm³/mol. The smallest absolute Gasteiger partial charge is 0.341 e. The molecule has 43 heavy (non-hydrogen) atoms. The van der Waals surface area contributed by atoms with E-state index in [1.165, 1.54) is 0 Å². The SMILES string of the molecule is CN(CN(C(=O)C1CC=Cc2cc(-c3ccc(OCC(=O)O)cc3)ccc2S1(=O)=O)c1ccccc1)C1CCOCC1.Cl. The monoisotopic (exact) mass is 626 g/mol. The van der Waals surface area contributed by atoms with Crippen molar-refractivity contribution < 1.29 is 32.6 Å². The van der Waals surface area contributed by atoms with Crippen molar-refractivity contribution in [3.05, 3.63) is 84.4 Å². The molecule has 0 bridgehead atoms. The summed E-state index contributed by atoms with van der Waals surface area (Å²) in [4.78, 5) is 28.7. The minimum Gasteiger partial charge on any atom is -0.482 e. The molecule has 228 valence electrons. The Morgan fingerprint density at radius 3 is 2.33 bits per heavy atom. The first-order chi connectivity index (χ1) is 20.2. The van der Waals surface area contributed by atoms with E-state index in [1.54, 1.807) is 59.5 Å². The summed E-state index contributed by atoms with van der Waals surface area (Å²) in [5, 5.41) is 7.54. The van der Waals surface area contributed by atoms with Gasteiger partial charge in [-0.15, -0.1) is 12.4 Å². The van der Waals surface area contributed by atoms with Gasteiger partial charge in [-0.25, -0.2) is 13.2 Å². The van der Waals surface area contributed by atoms with Crippen molar-refractivity contribution in [2.24, 2.45) is 0 Å². The molecule has 1 saturated heterocycles. The molecule has 5 rings (SSSR count). The Morgan fingerprint density at radius 2 is 1.65 bits per heavy atom. The van der Waals surface area contributed by atoms with Crippen LogP contribution in [0.4, 0.5) is 5.69 Å². The number of nitrogens with zero attached hydrogens (tertiary/aromatic N) is 2. The standard InChI is InChI=1S/C32H34N2O7S.ClH/c1-33(26-16-18-40-19-17-26)22-34(27-7-3-2-4-8-27)32(37)30-9-5-6-25-20-24(12-15-29(25)42(30,38)39)23-10-13-28(14-11-23)41-21-31(35)36;/h2-8,10-15,20,26,30H,9,16-19,21-22H2,1H3,(H,35,36);1H. The van der Waals surface area contributed by atoms with Gasteiger partial charge >= 0.3 is 5.97 Å². The van der Waals surface area contributed by atoms with E-state index >= 15 is 0 Å². The number of rotatable bonds is 9. The molecule has 0 aliphatic carbocycles. The number of ether oxygens (including phenoxy) is 2. The van der Waals surface area contributed by atoms with Crippen molar-refractivity contribution in [2.45, 2.75) is 35.4 Å². The number of anilines is 1. The van der Waals surface area contributed by atoms with Crippen LogP contribution in [0.2, 0.25) is 0 Å². The molecule has 2 heterocycles. The lowest BCUT2D eigenvalue weighted by Crippen LogP contribution is -2.50. The number of halogens is 1. The number of allylic oxidation sites excluding steroid dienone is 1. The molecular weight excluding hydrogens is 592 g/mol. The number of fused-ring (bicyclic) bond motifs is 1. The Labute approximate surface area is 258 Å². The Balaban J connectivity index is 0.00000423. The third-order valence-corrected chi connectivity index (χ3v) is 9.80. The second kappa shape index (κ2) is 14.2. The third kappa shape index (κ3) is 7.45. The van der Waals surface area contributed by atoms with Crippen molar-refractivity contribution in [3.8, 4) is 16.9 Å². The fourth-order valence-corrected chi connectivity index (χ4v) is 7.14. The summed E-state index contributed by atoms with van der Waals surface area (Å²) in [5.74, 6) is -1.10. The first kappa shape index (κ1) is 32.2. The van der Waals surface area contributed by atoms with Crippen LogP contribution in [0.3, 0.4) is 0 Å². The third-order valence-electron chi connectivity index (χ3n) is 7.68. The van der Waals surface area contributed by atoms with Crippen molar-refractivity contribution in [3.63, 3.8) is 0 Å². The van der Waals surface area contributed by atoms with Gasteiger partial charge in [0.1, 0.15) is 11.0 Å². The van der Waals surface area contributed by atoms with E-state index in [9.17, 15) is 18.0 Å². The summed E-state index contributed by atoms with van der Waals surface area (Å²) in [6.45, 7) is 1.16. The molecule has 1 N–H and O–H groups in total. The largest absolute Gasteiger partial charge is 0.482 e. The maximum absolute atomic E-state index is 14.1. The van der Waals surface area contributed by atoms with Crippen LogP contribution >= 0.6 is 12.4 Å². The Kier molecular flexibility index (Phi) is 10.6. The molecule has 1 unspecified atom stereocenters. The highest BCUT2D eigenvalue weighted by atomic mass is 35.5. The van der Waals surface area contributed by atoms with E-state index in [0.717, 1.165) is 24.0 Å². The average molecular weight is 627 g/mol. The molecule has 1 fully saturated rings. The number of benzene rings is 3. The van der Waals surface area contributed by atoms with Gasteiger partial charge in [0, 0.05) is 24.9 Å². The zero-order valence-electron chi connectivity index (χ0n) is 23.8. The van der Waals surface area contributed by atoms with Crippen LogP contribution in [0.5, 0.6) is 5.75 Å². The van der Waals surface area contributed by atoms with Crippen molar-refractivity contribution in [1.82, 2.24) is 4.90 Å². The predicted octanol–water partition coefficient (Wildman–Crippen LogP) is 4.90. The molecule has 0 radical (unpaired) electrons. The van der Waals surface area contributed by atoms with Crippen LogP contribution in [0, 0.1) is 0 Å². The molecule has 9 nitrogen and oxygen atoms in total. The average Bonchev–Trinajstić information content (AvgIpc) is 3.14. The number of carboxylic acid groups (broad SMARTS) is 1. The fraction of sp³-hybridized carbons (Fsp3) is 0.312. The Bertz CT molecular complexity index is 1560. The summed E-state index contributed by atoms with van der Waals surface area (Å²) in [5.41, 5.74) is 2.76. The summed E-state index contributed by atoms with van der Waals surface area (Å²) >= 11 is 0. The number of aliphatic carboxylic acids is 1. The van der Waals surface area contributed by atoms with Gasteiger partial charge in [0.2, 0.25) is 5.91 Å². The fourth-order valence-electron chi connectivity index (χ4n) is 5.36. The van der Waals surface area contributed by atoms with E-state index in [-0.39, 0.29) is 36.4 Å². The molecule has 2 aliphatic heterocycles. The normalized spacial score (nSPS) is 17.8. The highest BCUT2D eigenvalue weighted by molar-refractivity contribution is 7.93. The van der Waals surface area contributed by atoms with Crippen molar-refractivity contribution >= 4 is 45.9 Å². The number of carbonyl (C=O) groups excluding carboxylic acids is 1. The first-order valence-corrected chi connectivity index (χ1v) is 15.4. The van der Waals surface area contributed by atoms with E-state index < -0.39 is 33.6 Å². The highest BCUT2D eigenvalue weighted by Crippen LogP contribution is 2.33. The van der Waals surface area contributed by atoms with Crippen molar-refractivity contribution in [2.75, 3.05) is 38.4 Å². The Morgan fingerprint density at radius 1 is 0.977 bits per heavy atom. The molecule has 1 atom stereocenters. The lowest BCUT2D eigenvalue weighted by molar-refractivity contribution is -0.139. The van der Waals surface area contributed by atoms with Gasteiger partial charge < -0.3 is 14.6 Å². The molecule has 0 saturated carbocycles. The summed E-state index contributed by atoms with van der Waals surface area (Å²) in [6.07, 6.45) is 5.28. The summed E-state index contributed by atoms with van der Waals surface area (Å²) in [6, 6.07) is 21.4. The number of amides is 1. The van der Waals surface area contributed by atoms with E-state index in [2.05, 4.69) is 4.90 Å². The van der Waals surface area contributed by atoms with Crippen LogP contribution in [-0.4, -0.2) is 75.1 Å². The summed E-state index contributed by atoms with van der Waals surface area (Å²) < 4.78 is 38.8. The lowest BCUT2D eigenvalue weighted by Gasteiger charge is -2.36. The second-order valence-corrected chi connectivity index (χ2v) is 12.6. The molecule has 0 aromatic heterocycles. The topological polar surface area (TPSA) is 113 Å². The van der Waals surface area contributed by atoms with Gasteiger partial charge in [-0.05, 0) is 79.4 Å². The number of carbonyl (C=O) groups is 2. The van der Waals surface area contributed by atoms with Crippen LogP contribution in [-0.2, 0) is 24.2 Å². The zero-order chi connectivity index (χ0) is 29.7. The molecule has 11 heteroatoms. The minimum atomic E-state index is -4.02. The van der Waals surface area contributed by atoms with Crippen LogP contribution in [0.1, 0.15) is 24.8 Å². The minimum absolute atomic E-state index is 0. The van der Waals surface area contributed by atoms with Crippen molar-refractivity contribution in [1.29, 1.82) is 0 Å². The molecule has 0 spiro atoms. The van der Waals surface area contributed by atoms with E-state index in [4.69, 9.17) is 14.6 Å². The Hall–Kier alpha value is -3.70. The first-order valence-electron chi connectivity index (χ1n) is 13.9. The van der Waals surface area contributed by atoms with Gasteiger partial charge in [0.15, 0.2) is 16.4 Å². The number of carboxylic acids is 1. The summed E-state index contributed by atoms with van der Waals surface area (Å²) in [7, 11) is -2.06. The number of para-hydroxylation sites is 1. The quantitative estimate of drug-likeness (QED) is 0.334. The van der Waals surface area contributed by atoms with Crippen LogP contribution in [0.15, 0.2) is 83.8 Å². The van der Waals surface area contributed by atoms with E-state index in [1.807, 2.05) is 37.4 Å². The van der Waals surface area contributed by atoms with Crippen LogP contribution < -0.4 is 9.64 Å². The number of sulfone groups is 1. The van der Waals surface area contributed by atoms with E-state index in [0.29, 0.717) is 30.2 Å². The number of hydrogen-bond donors (Lipinski definition) is 1. The maximum atomic E-state index is 14.1. The van der Waals surface area contributed by atoms with Crippen LogP contribution in [0.25, 0.3) is 17.2 Å². The highest BCUT2D eigenvalue weighted by Gasteiger charge is 2.39. The van der Waals surface area contributed by atoms with Gasteiger partial charge in [0.05, 0.1) is 11.6 Å². The van der Waals surface area contributed by atoms with Gasteiger partial charge in [-0.2, -0.15) is 0 Å².